The fraction of sp³-hybridized carbons (Fsp3) is 0.0714. The van der Waals surface area contributed by atoms with Crippen LogP contribution in [0, 0.1) is 0 Å². The van der Waals surface area contributed by atoms with E-state index >= 15 is 0 Å². The van der Waals surface area contributed by atoms with Crippen LogP contribution < -0.4 is 5.32 Å². The molecule has 0 amide bonds. The molecule has 2 N–H and O–H groups in total. The first kappa shape index (κ1) is 13.6. The molecule has 0 atom stereocenters. The van der Waals surface area contributed by atoms with Crippen molar-refractivity contribution >= 4 is 21.6 Å². The molecule has 3 aromatic rings. The van der Waals surface area contributed by atoms with Crippen LogP contribution >= 0.6 is 15.9 Å². The molecule has 0 aliphatic carbocycles. The number of nitrogens with one attached hydrogen (secondary N) is 1. The zero-order chi connectivity index (χ0) is 14.7. The number of aromatic nitrogens is 4. The van der Waals surface area contributed by atoms with Gasteiger partial charge in [0.05, 0.1) is 11.9 Å². The minimum absolute atomic E-state index is 0.262. The van der Waals surface area contributed by atoms with Gasteiger partial charge in [-0.1, -0.05) is 15.9 Å². The molecule has 0 aliphatic rings. The molecule has 1 aromatic carbocycles. The monoisotopic (exact) mass is 345 g/mol. The van der Waals surface area contributed by atoms with Crippen LogP contribution in [0.5, 0.6) is 5.75 Å². The van der Waals surface area contributed by atoms with Gasteiger partial charge in [0.15, 0.2) is 5.82 Å². The molecule has 0 saturated heterocycles. The number of pyridine rings is 1. The zero-order valence-electron chi connectivity index (χ0n) is 10.9. The molecule has 2 heterocycles. The smallest absolute Gasteiger partial charge is 0.155 e. The zero-order valence-corrected chi connectivity index (χ0v) is 12.5. The molecule has 21 heavy (non-hydrogen) atoms. The van der Waals surface area contributed by atoms with E-state index in [2.05, 4.69) is 36.3 Å². The van der Waals surface area contributed by atoms with Crippen LogP contribution in [0.25, 0.3) is 5.82 Å². The minimum atomic E-state index is 0.262. The van der Waals surface area contributed by atoms with E-state index < -0.39 is 0 Å². The van der Waals surface area contributed by atoms with Crippen LogP contribution in [0.4, 0.5) is 5.69 Å². The highest BCUT2D eigenvalue weighted by molar-refractivity contribution is 9.10. The second kappa shape index (κ2) is 5.92. The lowest BCUT2D eigenvalue weighted by atomic mass is 10.2. The van der Waals surface area contributed by atoms with Gasteiger partial charge in [0.2, 0.25) is 0 Å². The van der Waals surface area contributed by atoms with Crippen molar-refractivity contribution in [1.82, 2.24) is 19.7 Å². The summed E-state index contributed by atoms with van der Waals surface area (Å²) in [7, 11) is 0. The fourth-order valence-corrected chi connectivity index (χ4v) is 2.25. The van der Waals surface area contributed by atoms with Crippen molar-refractivity contribution in [2.24, 2.45) is 0 Å². The van der Waals surface area contributed by atoms with Crippen molar-refractivity contribution < 1.29 is 5.11 Å². The van der Waals surface area contributed by atoms with Crippen molar-refractivity contribution in [3.63, 3.8) is 0 Å². The molecule has 0 spiro atoms. The number of hydrogen-bond acceptors (Lipinski definition) is 5. The molecule has 106 valence electrons. The molecule has 2 aromatic heterocycles. The fourth-order valence-electron chi connectivity index (χ4n) is 1.85. The average Bonchev–Trinajstić information content (AvgIpc) is 3.03. The third-order valence-electron chi connectivity index (χ3n) is 2.93. The van der Waals surface area contributed by atoms with Crippen molar-refractivity contribution in [3.8, 4) is 11.6 Å². The van der Waals surface area contributed by atoms with Gasteiger partial charge < -0.3 is 10.4 Å². The van der Waals surface area contributed by atoms with Gasteiger partial charge >= 0.3 is 0 Å². The van der Waals surface area contributed by atoms with Crippen LogP contribution in [0.3, 0.4) is 0 Å². The Bertz CT molecular complexity index is 728. The van der Waals surface area contributed by atoms with Crippen molar-refractivity contribution in [2.75, 3.05) is 5.32 Å². The largest absolute Gasteiger partial charge is 0.508 e. The highest BCUT2D eigenvalue weighted by Crippen LogP contribution is 2.22. The lowest BCUT2D eigenvalue weighted by Gasteiger charge is -2.09. The summed E-state index contributed by atoms with van der Waals surface area (Å²) in [4.78, 5) is 8.18. The standard InChI is InChI=1S/C14H12BrN5O/c15-11-1-3-13(21)10(5-11)6-17-12-2-4-14(18-7-12)20-9-16-8-19-20/h1-5,7-9,17,21H,6H2. The third-order valence-corrected chi connectivity index (χ3v) is 3.42. The van der Waals surface area contributed by atoms with Crippen LogP contribution in [0.15, 0.2) is 53.7 Å². The number of nitrogens with zero attached hydrogens (tertiary/aromatic N) is 4. The number of phenols is 1. The molecule has 0 radical (unpaired) electrons. The average molecular weight is 346 g/mol. The van der Waals surface area contributed by atoms with Crippen LogP contribution in [0.1, 0.15) is 5.56 Å². The van der Waals surface area contributed by atoms with E-state index in [4.69, 9.17) is 0 Å². The van der Waals surface area contributed by atoms with Gasteiger partial charge in [-0.15, -0.1) is 0 Å². The minimum Gasteiger partial charge on any atom is -0.508 e. The lowest BCUT2D eigenvalue weighted by molar-refractivity contribution is 0.469. The van der Waals surface area contributed by atoms with Gasteiger partial charge in [0.1, 0.15) is 18.4 Å². The molecule has 0 fully saturated rings. The molecule has 7 heteroatoms. The molecule has 0 saturated carbocycles. The predicted molar refractivity (Wildman–Crippen MR) is 82.3 cm³/mol. The van der Waals surface area contributed by atoms with E-state index in [9.17, 15) is 5.11 Å². The number of halogens is 1. The maximum absolute atomic E-state index is 9.79. The molecule has 0 unspecified atom stereocenters. The topological polar surface area (TPSA) is 75.9 Å². The Morgan fingerprint density at radius 2 is 2.14 bits per heavy atom. The van der Waals surface area contributed by atoms with Gasteiger partial charge in [-0.25, -0.2) is 14.6 Å². The second-order valence-electron chi connectivity index (χ2n) is 4.37. The summed E-state index contributed by atoms with van der Waals surface area (Å²) >= 11 is 3.39. The molecule has 0 bridgehead atoms. The number of phenolic OH excluding ortho intramolecular Hbond substituents is 1. The highest BCUT2D eigenvalue weighted by atomic mass is 79.9. The SMILES string of the molecule is Oc1ccc(Br)cc1CNc1ccc(-n2cncn2)nc1. The summed E-state index contributed by atoms with van der Waals surface area (Å²) in [6, 6.07) is 9.08. The molecule has 0 aliphatic heterocycles. The van der Waals surface area contributed by atoms with Crippen LogP contribution in [-0.2, 0) is 6.54 Å². The summed E-state index contributed by atoms with van der Waals surface area (Å²) in [5.74, 6) is 0.959. The Hall–Kier alpha value is -2.41. The number of rotatable bonds is 4. The van der Waals surface area contributed by atoms with Crippen molar-refractivity contribution in [3.05, 3.63) is 59.2 Å². The Labute approximate surface area is 129 Å². The van der Waals surface area contributed by atoms with E-state index in [1.807, 2.05) is 18.2 Å². The first-order valence-corrected chi connectivity index (χ1v) is 7.04. The van der Waals surface area contributed by atoms with E-state index in [0.29, 0.717) is 12.4 Å². The van der Waals surface area contributed by atoms with E-state index in [1.165, 1.54) is 6.33 Å². The second-order valence-corrected chi connectivity index (χ2v) is 5.29. The van der Waals surface area contributed by atoms with Gasteiger partial charge in [0.25, 0.3) is 0 Å². The Kier molecular flexibility index (Phi) is 3.83. The maximum atomic E-state index is 9.79. The summed E-state index contributed by atoms with van der Waals surface area (Å²) in [6.07, 6.45) is 4.77. The Balaban J connectivity index is 1.70. The van der Waals surface area contributed by atoms with Crippen LogP contribution in [-0.4, -0.2) is 24.9 Å². The van der Waals surface area contributed by atoms with Gasteiger partial charge in [-0.2, -0.15) is 5.10 Å². The number of anilines is 1. The number of aromatic hydroxyl groups is 1. The number of benzene rings is 1. The molecule has 3 rings (SSSR count). The lowest BCUT2D eigenvalue weighted by Crippen LogP contribution is -2.02. The molecular formula is C14H12BrN5O. The Morgan fingerprint density at radius 3 is 2.86 bits per heavy atom. The maximum Gasteiger partial charge on any atom is 0.155 e. The summed E-state index contributed by atoms with van der Waals surface area (Å²) in [5.41, 5.74) is 1.67. The normalized spacial score (nSPS) is 10.5. The van der Waals surface area contributed by atoms with Crippen LogP contribution in [0.2, 0.25) is 0 Å². The van der Waals surface area contributed by atoms with Gasteiger partial charge in [-0.3, -0.25) is 0 Å². The van der Waals surface area contributed by atoms with E-state index in [0.717, 1.165) is 15.7 Å². The summed E-state index contributed by atoms with van der Waals surface area (Å²) in [5, 5.41) is 17.0. The summed E-state index contributed by atoms with van der Waals surface area (Å²) < 4.78 is 2.51. The van der Waals surface area contributed by atoms with Gasteiger partial charge in [0, 0.05) is 16.6 Å². The van der Waals surface area contributed by atoms with E-state index in [1.54, 1.807) is 29.3 Å². The predicted octanol–water partition coefficient (Wildman–Crippen LogP) is 2.74. The highest BCUT2D eigenvalue weighted by Gasteiger charge is 2.03. The first-order valence-electron chi connectivity index (χ1n) is 6.25. The van der Waals surface area contributed by atoms with Crippen molar-refractivity contribution in [2.45, 2.75) is 6.54 Å². The third kappa shape index (κ3) is 3.19. The first-order chi connectivity index (χ1) is 10.2. The quantitative estimate of drug-likeness (QED) is 0.760. The molecule has 6 nitrogen and oxygen atoms in total. The molecular weight excluding hydrogens is 334 g/mol. The van der Waals surface area contributed by atoms with Crippen molar-refractivity contribution in [1.29, 1.82) is 0 Å². The van der Waals surface area contributed by atoms with E-state index in [-0.39, 0.29) is 5.75 Å². The number of hydrogen-bond donors (Lipinski definition) is 2. The Morgan fingerprint density at radius 1 is 1.24 bits per heavy atom. The van der Waals surface area contributed by atoms with Gasteiger partial charge in [-0.05, 0) is 30.3 Å². The summed E-state index contributed by atoms with van der Waals surface area (Å²) in [6.45, 7) is 0.510.